The van der Waals surface area contributed by atoms with Gasteiger partial charge in [0.25, 0.3) is 0 Å². The van der Waals surface area contributed by atoms with Gasteiger partial charge >= 0.3 is 0 Å². The Bertz CT molecular complexity index is 94.7. The van der Waals surface area contributed by atoms with E-state index in [9.17, 15) is 0 Å². The minimum Gasteiger partial charge on any atom is -0.328 e. The third kappa shape index (κ3) is 4.22. The molecular weight excluding hydrogens is 110 g/mol. The molecule has 9 heavy (non-hydrogen) atoms. The predicted molar refractivity (Wildman–Crippen MR) is 42.2 cm³/mol. The second-order valence-corrected chi connectivity index (χ2v) is 3.00. The molecule has 0 aliphatic carbocycles. The number of hydrogen-bond donors (Lipinski definition) is 1. The lowest BCUT2D eigenvalue weighted by molar-refractivity contribution is 0.480. The lowest BCUT2D eigenvalue weighted by atomic mass is 9.97. The third-order valence-corrected chi connectivity index (χ3v) is 1.57. The molecule has 0 fully saturated rings. The van der Waals surface area contributed by atoms with Gasteiger partial charge in [0.2, 0.25) is 0 Å². The normalized spacial score (nSPS) is 16.9. The van der Waals surface area contributed by atoms with Gasteiger partial charge in [0.05, 0.1) is 0 Å². The average Bonchev–Trinajstić information content (AvgIpc) is 1.63. The first kappa shape index (κ1) is 8.70. The summed E-state index contributed by atoms with van der Waals surface area (Å²) in [5.74, 6) is 0.572. The summed E-state index contributed by atoms with van der Waals surface area (Å²) in [7, 11) is 0. The van der Waals surface area contributed by atoms with Gasteiger partial charge in [0, 0.05) is 6.04 Å². The summed E-state index contributed by atoms with van der Waals surface area (Å²) < 4.78 is 0. The highest BCUT2D eigenvalue weighted by molar-refractivity contribution is 4.90. The van der Waals surface area contributed by atoms with Gasteiger partial charge in [-0.05, 0) is 26.2 Å². The smallest absolute Gasteiger partial charge is 0.00391 e. The van der Waals surface area contributed by atoms with E-state index in [0.29, 0.717) is 12.0 Å². The molecular formula is C8H17N. The lowest BCUT2D eigenvalue weighted by Crippen LogP contribution is -2.24. The van der Waals surface area contributed by atoms with Crippen molar-refractivity contribution in [1.82, 2.24) is 0 Å². The Morgan fingerprint density at radius 1 is 1.56 bits per heavy atom. The van der Waals surface area contributed by atoms with Crippen LogP contribution < -0.4 is 5.73 Å². The van der Waals surface area contributed by atoms with E-state index in [-0.39, 0.29) is 0 Å². The van der Waals surface area contributed by atoms with Crippen LogP contribution in [-0.2, 0) is 0 Å². The van der Waals surface area contributed by atoms with E-state index in [1.165, 1.54) is 5.57 Å². The molecule has 1 nitrogen and oxygen atoms in total. The number of allylic oxidation sites excluding steroid dienone is 1. The standard InChI is InChI=1S/C8H17N/c1-6(2)5-7(3)8(4)9/h7-8H,1,5,9H2,2-4H3. The van der Waals surface area contributed by atoms with Crippen molar-refractivity contribution in [2.24, 2.45) is 11.7 Å². The lowest BCUT2D eigenvalue weighted by Gasteiger charge is -2.14. The summed E-state index contributed by atoms with van der Waals surface area (Å²) in [6.45, 7) is 10.0. The van der Waals surface area contributed by atoms with Crippen molar-refractivity contribution in [3.8, 4) is 0 Å². The molecule has 0 rings (SSSR count). The Morgan fingerprint density at radius 2 is 2.00 bits per heavy atom. The maximum Gasteiger partial charge on any atom is 0.00391 e. The third-order valence-electron chi connectivity index (χ3n) is 1.57. The van der Waals surface area contributed by atoms with Crippen LogP contribution in [0.5, 0.6) is 0 Å². The van der Waals surface area contributed by atoms with Gasteiger partial charge in [0.1, 0.15) is 0 Å². The topological polar surface area (TPSA) is 26.0 Å². The molecule has 0 saturated heterocycles. The second-order valence-electron chi connectivity index (χ2n) is 3.00. The van der Waals surface area contributed by atoms with E-state index < -0.39 is 0 Å². The van der Waals surface area contributed by atoms with Gasteiger partial charge < -0.3 is 5.73 Å². The van der Waals surface area contributed by atoms with E-state index in [1.807, 2.05) is 13.8 Å². The number of nitrogens with two attached hydrogens (primary N) is 1. The zero-order chi connectivity index (χ0) is 7.44. The van der Waals surface area contributed by atoms with Crippen LogP contribution in [0.15, 0.2) is 12.2 Å². The molecule has 1 heteroatoms. The highest BCUT2D eigenvalue weighted by Gasteiger charge is 2.05. The van der Waals surface area contributed by atoms with Gasteiger partial charge in [0.15, 0.2) is 0 Å². The van der Waals surface area contributed by atoms with Crippen LogP contribution in [0.4, 0.5) is 0 Å². The maximum atomic E-state index is 5.64. The van der Waals surface area contributed by atoms with Crippen LogP contribution in [0, 0.1) is 5.92 Å². The number of rotatable bonds is 3. The predicted octanol–water partition coefficient (Wildman–Crippen LogP) is 1.94. The Morgan fingerprint density at radius 3 is 2.11 bits per heavy atom. The highest BCUT2D eigenvalue weighted by Crippen LogP contribution is 2.10. The molecule has 2 N–H and O–H groups in total. The fourth-order valence-corrected chi connectivity index (χ4v) is 0.736. The molecule has 0 amide bonds. The maximum absolute atomic E-state index is 5.64. The van der Waals surface area contributed by atoms with Crippen molar-refractivity contribution in [2.75, 3.05) is 0 Å². The first-order chi connectivity index (χ1) is 4.04. The van der Waals surface area contributed by atoms with Crippen molar-refractivity contribution in [1.29, 1.82) is 0 Å². The zero-order valence-electron chi connectivity index (χ0n) is 6.65. The Labute approximate surface area is 57.9 Å². The molecule has 0 aliphatic heterocycles. The molecule has 0 saturated carbocycles. The molecule has 0 aromatic carbocycles. The van der Waals surface area contributed by atoms with Gasteiger partial charge in [-0.25, -0.2) is 0 Å². The number of hydrogen-bond acceptors (Lipinski definition) is 1. The van der Waals surface area contributed by atoms with E-state index in [4.69, 9.17) is 5.73 Å². The quantitative estimate of drug-likeness (QED) is 0.576. The van der Waals surface area contributed by atoms with Gasteiger partial charge in [-0.2, -0.15) is 0 Å². The molecule has 54 valence electrons. The monoisotopic (exact) mass is 127 g/mol. The van der Waals surface area contributed by atoms with Crippen LogP contribution in [0.25, 0.3) is 0 Å². The summed E-state index contributed by atoms with van der Waals surface area (Å²) in [5, 5.41) is 0. The van der Waals surface area contributed by atoms with E-state index in [1.54, 1.807) is 0 Å². The van der Waals surface area contributed by atoms with E-state index in [2.05, 4.69) is 13.5 Å². The van der Waals surface area contributed by atoms with E-state index >= 15 is 0 Å². The van der Waals surface area contributed by atoms with Gasteiger partial charge in [-0.3, -0.25) is 0 Å². The minimum atomic E-state index is 0.293. The van der Waals surface area contributed by atoms with E-state index in [0.717, 1.165) is 6.42 Å². The van der Waals surface area contributed by atoms with Crippen LogP contribution >= 0.6 is 0 Å². The summed E-state index contributed by atoms with van der Waals surface area (Å²) in [6.07, 6.45) is 1.05. The highest BCUT2D eigenvalue weighted by atomic mass is 14.6. The molecule has 0 aromatic heterocycles. The Balaban J connectivity index is 3.50. The summed E-state index contributed by atoms with van der Waals surface area (Å²) >= 11 is 0. The molecule has 2 unspecified atom stereocenters. The average molecular weight is 127 g/mol. The summed E-state index contributed by atoms with van der Waals surface area (Å²) in [4.78, 5) is 0. The van der Waals surface area contributed by atoms with Gasteiger partial charge in [-0.1, -0.05) is 12.5 Å². The van der Waals surface area contributed by atoms with Gasteiger partial charge in [-0.15, -0.1) is 6.58 Å². The van der Waals surface area contributed by atoms with Crippen molar-refractivity contribution in [3.05, 3.63) is 12.2 Å². The molecule has 0 aliphatic rings. The minimum absolute atomic E-state index is 0.293. The second kappa shape index (κ2) is 3.67. The summed E-state index contributed by atoms with van der Waals surface area (Å²) in [5.41, 5.74) is 6.87. The van der Waals surface area contributed by atoms with Crippen LogP contribution in [0.2, 0.25) is 0 Å². The largest absolute Gasteiger partial charge is 0.328 e. The molecule has 0 heterocycles. The Kier molecular flexibility index (Phi) is 3.55. The fraction of sp³-hybridized carbons (Fsp3) is 0.750. The first-order valence-electron chi connectivity index (χ1n) is 3.44. The van der Waals surface area contributed by atoms with Crippen LogP contribution in [-0.4, -0.2) is 6.04 Å². The van der Waals surface area contributed by atoms with Crippen molar-refractivity contribution in [2.45, 2.75) is 33.2 Å². The molecule has 0 spiro atoms. The van der Waals surface area contributed by atoms with Crippen LogP contribution in [0.1, 0.15) is 27.2 Å². The molecule has 2 atom stereocenters. The van der Waals surface area contributed by atoms with Crippen LogP contribution in [0.3, 0.4) is 0 Å². The molecule has 0 radical (unpaired) electrons. The SMILES string of the molecule is C=C(C)CC(C)C(C)N. The first-order valence-corrected chi connectivity index (χ1v) is 3.44. The summed E-state index contributed by atoms with van der Waals surface area (Å²) in [6, 6.07) is 0.293. The van der Waals surface area contributed by atoms with Crippen molar-refractivity contribution < 1.29 is 0 Å². The van der Waals surface area contributed by atoms with Crippen molar-refractivity contribution >= 4 is 0 Å². The fourth-order valence-electron chi connectivity index (χ4n) is 0.736. The molecule has 0 bridgehead atoms. The zero-order valence-corrected chi connectivity index (χ0v) is 6.65. The molecule has 0 aromatic rings. The Hall–Kier alpha value is -0.300. The van der Waals surface area contributed by atoms with Crippen molar-refractivity contribution in [3.63, 3.8) is 0 Å².